The summed E-state index contributed by atoms with van der Waals surface area (Å²) in [5.74, 6) is 0.341. The lowest BCUT2D eigenvalue weighted by atomic mass is 10.1. The molecule has 0 atom stereocenters. The molecule has 0 unspecified atom stereocenters. The molecule has 3 rings (SSSR count). The quantitative estimate of drug-likeness (QED) is 0.705. The summed E-state index contributed by atoms with van der Waals surface area (Å²) in [6.07, 6.45) is 1.65. The van der Waals surface area contributed by atoms with Crippen molar-refractivity contribution in [2.24, 2.45) is 0 Å². The van der Waals surface area contributed by atoms with Crippen LogP contribution >= 0.6 is 0 Å². The van der Waals surface area contributed by atoms with Crippen molar-refractivity contribution in [3.8, 4) is 23.0 Å². The van der Waals surface area contributed by atoms with Gasteiger partial charge >= 0.3 is 0 Å². The van der Waals surface area contributed by atoms with Crippen molar-refractivity contribution in [1.82, 2.24) is 15.1 Å². The predicted molar refractivity (Wildman–Crippen MR) is 67.7 cm³/mol. The van der Waals surface area contributed by atoms with Crippen LogP contribution < -0.4 is 0 Å². The molecule has 0 amide bonds. The monoisotopic (exact) mass is 255 g/mol. The van der Waals surface area contributed by atoms with Crippen LogP contribution in [0.5, 0.6) is 0 Å². The minimum atomic E-state index is -0.326. The highest BCUT2D eigenvalue weighted by molar-refractivity contribution is 5.58. The molecule has 0 spiro atoms. The Labute approximate surface area is 108 Å². The van der Waals surface area contributed by atoms with Gasteiger partial charge in [-0.1, -0.05) is 11.2 Å². The average molecular weight is 255 g/mol. The van der Waals surface area contributed by atoms with Gasteiger partial charge in [-0.25, -0.2) is 4.39 Å². The first-order valence-corrected chi connectivity index (χ1v) is 5.75. The van der Waals surface area contributed by atoms with Crippen molar-refractivity contribution in [2.75, 3.05) is 0 Å². The van der Waals surface area contributed by atoms with E-state index in [0.29, 0.717) is 17.1 Å². The standard InChI is InChI=1S/C14H10FN3O/c1-9-6-10(8-11(15)7-9)14-17-13(18-19-14)12-4-2-3-5-16-12/h2-8H,1H3. The summed E-state index contributed by atoms with van der Waals surface area (Å²) >= 11 is 0. The molecular formula is C14H10FN3O. The zero-order valence-electron chi connectivity index (χ0n) is 10.2. The highest BCUT2D eigenvalue weighted by atomic mass is 19.1. The molecule has 0 saturated carbocycles. The van der Waals surface area contributed by atoms with Gasteiger partial charge < -0.3 is 4.52 Å². The Hall–Kier alpha value is -2.56. The van der Waals surface area contributed by atoms with Gasteiger partial charge in [0.1, 0.15) is 11.5 Å². The summed E-state index contributed by atoms with van der Waals surface area (Å²) in [5, 5.41) is 3.85. The number of benzene rings is 1. The Morgan fingerprint density at radius 3 is 2.79 bits per heavy atom. The van der Waals surface area contributed by atoms with Gasteiger partial charge in [0.15, 0.2) is 0 Å². The van der Waals surface area contributed by atoms with Gasteiger partial charge in [-0.05, 0) is 42.8 Å². The van der Waals surface area contributed by atoms with Crippen molar-refractivity contribution in [3.63, 3.8) is 0 Å². The van der Waals surface area contributed by atoms with Crippen molar-refractivity contribution in [2.45, 2.75) is 6.92 Å². The number of aryl methyl sites for hydroxylation is 1. The number of halogens is 1. The van der Waals surface area contributed by atoms with Crippen LogP contribution in [-0.4, -0.2) is 15.1 Å². The zero-order valence-corrected chi connectivity index (χ0v) is 10.2. The molecule has 3 aromatic rings. The molecule has 0 aliphatic rings. The minimum absolute atomic E-state index is 0.281. The molecule has 94 valence electrons. The van der Waals surface area contributed by atoms with Crippen LogP contribution in [0, 0.1) is 12.7 Å². The van der Waals surface area contributed by atoms with E-state index in [2.05, 4.69) is 15.1 Å². The second kappa shape index (κ2) is 4.61. The molecule has 2 aromatic heterocycles. The van der Waals surface area contributed by atoms with Crippen LogP contribution in [0.1, 0.15) is 5.56 Å². The first kappa shape index (κ1) is 11.5. The predicted octanol–water partition coefficient (Wildman–Crippen LogP) is 3.25. The Balaban J connectivity index is 2.02. The molecule has 19 heavy (non-hydrogen) atoms. The molecule has 0 bridgehead atoms. The van der Waals surface area contributed by atoms with Gasteiger partial charge in [0.05, 0.1) is 0 Å². The van der Waals surface area contributed by atoms with Crippen LogP contribution in [0.15, 0.2) is 47.1 Å². The number of hydrogen-bond donors (Lipinski definition) is 0. The van der Waals surface area contributed by atoms with Crippen LogP contribution in [0.3, 0.4) is 0 Å². The van der Waals surface area contributed by atoms with Crippen molar-refractivity contribution in [3.05, 3.63) is 54.0 Å². The maximum absolute atomic E-state index is 13.3. The van der Waals surface area contributed by atoms with E-state index in [-0.39, 0.29) is 11.7 Å². The largest absolute Gasteiger partial charge is 0.334 e. The third-order valence-corrected chi connectivity index (χ3v) is 2.61. The number of rotatable bonds is 2. The fraction of sp³-hybridized carbons (Fsp3) is 0.0714. The zero-order chi connectivity index (χ0) is 13.2. The van der Waals surface area contributed by atoms with Crippen LogP contribution in [0.25, 0.3) is 23.0 Å². The summed E-state index contributed by atoms with van der Waals surface area (Å²) in [7, 11) is 0. The lowest BCUT2D eigenvalue weighted by Crippen LogP contribution is -1.85. The Morgan fingerprint density at radius 2 is 2.05 bits per heavy atom. The van der Waals surface area contributed by atoms with Gasteiger partial charge in [0, 0.05) is 11.8 Å². The van der Waals surface area contributed by atoms with E-state index in [1.165, 1.54) is 12.1 Å². The van der Waals surface area contributed by atoms with E-state index in [1.807, 2.05) is 13.0 Å². The normalized spacial score (nSPS) is 10.6. The number of pyridine rings is 1. The minimum Gasteiger partial charge on any atom is -0.334 e. The van der Waals surface area contributed by atoms with Crippen molar-refractivity contribution >= 4 is 0 Å². The van der Waals surface area contributed by atoms with E-state index < -0.39 is 0 Å². The number of hydrogen-bond acceptors (Lipinski definition) is 4. The second-order valence-corrected chi connectivity index (χ2v) is 4.16. The molecule has 5 heteroatoms. The van der Waals surface area contributed by atoms with Crippen LogP contribution in [-0.2, 0) is 0 Å². The van der Waals surface area contributed by atoms with Crippen molar-refractivity contribution in [1.29, 1.82) is 0 Å². The molecular weight excluding hydrogens is 245 g/mol. The summed E-state index contributed by atoms with van der Waals surface area (Å²) in [5.41, 5.74) is 1.98. The molecule has 0 saturated heterocycles. The number of nitrogens with zero attached hydrogens (tertiary/aromatic N) is 3. The molecule has 0 aliphatic heterocycles. The van der Waals surface area contributed by atoms with Gasteiger partial charge in [-0.2, -0.15) is 4.98 Å². The highest BCUT2D eigenvalue weighted by Crippen LogP contribution is 2.22. The SMILES string of the molecule is Cc1cc(F)cc(-c2nc(-c3ccccn3)no2)c1. The Bertz CT molecular complexity index is 689. The van der Waals surface area contributed by atoms with Gasteiger partial charge in [-0.15, -0.1) is 0 Å². The smallest absolute Gasteiger partial charge is 0.258 e. The third kappa shape index (κ3) is 2.35. The lowest BCUT2D eigenvalue weighted by molar-refractivity contribution is 0.432. The van der Waals surface area contributed by atoms with E-state index in [4.69, 9.17) is 4.52 Å². The van der Waals surface area contributed by atoms with Crippen molar-refractivity contribution < 1.29 is 8.91 Å². The van der Waals surface area contributed by atoms with E-state index >= 15 is 0 Å². The average Bonchev–Trinajstić information content (AvgIpc) is 2.88. The second-order valence-electron chi connectivity index (χ2n) is 4.16. The molecule has 2 heterocycles. The maximum Gasteiger partial charge on any atom is 0.258 e. The molecule has 0 radical (unpaired) electrons. The molecule has 0 aliphatic carbocycles. The van der Waals surface area contributed by atoms with Gasteiger partial charge in [0.25, 0.3) is 5.89 Å². The van der Waals surface area contributed by atoms with E-state index in [0.717, 1.165) is 5.56 Å². The highest BCUT2D eigenvalue weighted by Gasteiger charge is 2.12. The first-order valence-electron chi connectivity index (χ1n) is 5.75. The Kier molecular flexibility index (Phi) is 2.79. The molecule has 1 aromatic carbocycles. The molecule has 4 nitrogen and oxygen atoms in total. The summed E-state index contributed by atoms with van der Waals surface area (Å²) in [4.78, 5) is 8.36. The first-order chi connectivity index (χ1) is 9.22. The maximum atomic E-state index is 13.3. The summed E-state index contributed by atoms with van der Waals surface area (Å²) in [6, 6.07) is 10.0. The topological polar surface area (TPSA) is 51.8 Å². The van der Waals surface area contributed by atoms with Crippen LogP contribution in [0.4, 0.5) is 4.39 Å². The fourth-order valence-corrected chi connectivity index (χ4v) is 1.80. The number of aromatic nitrogens is 3. The van der Waals surface area contributed by atoms with E-state index in [1.54, 1.807) is 24.4 Å². The van der Waals surface area contributed by atoms with Crippen LogP contribution in [0.2, 0.25) is 0 Å². The van der Waals surface area contributed by atoms with E-state index in [9.17, 15) is 4.39 Å². The van der Waals surface area contributed by atoms with Gasteiger partial charge in [0.2, 0.25) is 5.82 Å². The Morgan fingerprint density at radius 1 is 1.16 bits per heavy atom. The molecule has 0 N–H and O–H groups in total. The third-order valence-electron chi connectivity index (χ3n) is 2.61. The fourth-order valence-electron chi connectivity index (χ4n) is 1.80. The molecule has 0 fully saturated rings. The summed E-state index contributed by atoms with van der Waals surface area (Å²) < 4.78 is 18.5. The van der Waals surface area contributed by atoms with Gasteiger partial charge in [-0.3, -0.25) is 4.98 Å². The lowest BCUT2D eigenvalue weighted by Gasteiger charge is -1.97. The summed E-state index contributed by atoms with van der Waals surface area (Å²) in [6.45, 7) is 1.81.